The molecule has 0 unspecified atom stereocenters. The Hall–Kier alpha value is -2.54. The fraction of sp³-hybridized carbons (Fsp3) is 0.409. The van der Waals surface area contributed by atoms with Crippen molar-refractivity contribution in [3.63, 3.8) is 0 Å². The molecule has 0 bridgehead atoms. The van der Waals surface area contributed by atoms with Crippen molar-refractivity contribution in [3.8, 4) is 0 Å². The van der Waals surface area contributed by atoms with Crippen LogP contribution in [0.25, 0.3) is 0 Å². The molecule has 3 atom stereocenters. The fourth-order valence-corrected chi connectivity index (χ4v) is 4.89. The predicted molar refractivity (Wildman–Crippen MR) is 111 cm³/mol. The molecule has 0 radical (unpaired) electrons. The zero-order chi connectivity index (χ0) is 21.3. The number of carbonyl (C=O) groups excluding carboxylic acids is 3. The maximum atomic E-state index is 12.9. The molecule has 1 aromatic carbocycles. The summed E-state index contributed by atoms with van der Waals surface area (Å²) in [5.74, 6) is -0.0868. The molecular weight excluding hydrogens is 390 g/mol. The van der Waals surface area contributed by atoms with Crippen LogP contribution >= 0.6 is 11.8 Å². The average Bonchev–Trinajstić information content (AvgIpc) is 3.32. The molecule has 3 rings (SSSR count). The molecule has 1 aliphatic rings. The van der Waals surface area contributed by atoms with Gasteiger partial charge in [-0.2, -0.15) is 0 Å². The van der Waals surface area contributed by atoms with Gasteiger partial charge in [-0.1, -0.05) is 6.07 Å². The van der Waals surface area contributed by atoms with E-state index < -0.39 is 18.1 Å². The minimum atomic E-state index is -0.940. The second kappa shape index (κ2) is 8.45. The zero-order valence-corrected chi connectivity index (χ0v) is 18.0. The van der Waals surface area contributed by atoms with Crippen LogP contribution in [-0.2, 0) is 14.3 Å². The first-order valence-corrected chi connectivity index (χ1v) is 10.5. The maximum Gasteiger partial charge on any atom is 0.330 e. The molecule has 0 spiro atoms. The fourth-order valence-electron chi connectivity index (χ4n) is 3.47. The van der Waals surface area contributed by atoms with Gasteiger partial charge in [-0.25, -0.2) is 4.79 Å². The van der Waals surface area contributed by atoms with E-state index in [2.05, 4.69) is 0 Å². The lowest BCUT2D eigenvalue weighted by molar-refractivity contribution is -0.155. The average molecular weight is 416 g/mol. The number of aryl methyl sites for hydroxylation is 3. The minimum absolute atomic E-state index is 0.248. The molecule has 1 fully saturated rings. The second-order valence-electron chi connectivity index (χ2n) is 7.34. The number of thioether (sulfide) groups is 1. The first-order chi connectivity index (χ1) is 13.7. The SMILES string of the molecule is CC(=O)N1[C@@H](C(=O)O[C@H](C)C(=O)c2cc(C)c(C)cc2C)CS[C@@H]1c1ccco1. The van der Waals surface area contributed by atoms with Gasteiger partial charge in [0.15, 0.2) is 6.10 Å². The summed E-state index contributed by atoms with van der Waals surface area (Å²) in [6.45, 7) is 8.78. The highest BCUT2D eigenvalue weighted by Crippen LogP contribution is 2.42. The van der Waals surface area contributed by atoms with Gasteiger partial charge in [-0.15, -0.1) is 11.8 Å². The smallest absolute Gasteiger partial charge is 0.330 e. The van der Waals surface area contributed by atoms with Crippen molar-refractivity contribution >= 4 is 29.4 Å². The summed E-state index contributed by atoms with van der Waals surface area (Å²) >= 11 is 1.44. The Kier molecular flexibility index (Phi) is 6.17. The van der Waals surface area contributed by atoms with Gasteiger partial charge < -0.3 is 14.1 Å². The number of esters is 1. The number of rotatable bonds is 5. The van der Waals surface area contributed by atoms with Gasteiger partial charge >= 0.3 is 5.97 Å². The van der Waals surface area contributed by atoms with Gasteiger partial charge in [0.05, 0.1) is 6.26 Å². The van der Waals surface area contributed by atoms with Gasteiger partial charge in [0.25, 0.3) is 0 Å². The van der Waals surface area contributed by atoms with E-state index in [9.17, 15) is 14.4 Å². The van der Waals surface area contributed by atoms with Crippen molar-refractivity contribution in [2.75, 3.05) is 5.75 Å². The summed E-state index contributed by atoms with van der Waals surface area (Å²) in [6, 6.07) is 6.54. The van der Waals surface area contributed by atoms with Gasteiger partial charge in [0.1, 0.15) is 17.2 Å². The summed E-state index contributed by atoms with van der Waals surface area (Å²) in [5.41, 5.74) is 3.51. The summed E-state index contributed by atoms with van der Waals surface area (Å²) in [6.07, 6.45) is 0.594. The molecule has 0 saturated carbocycles. The van der Waals surface area contributed by atoms with Crippen LogP contribution < -0.4 is 0 Å². The van der Waals surface area contributed by atoms with Gasteiger partial charge in [-0.05, 0) is 62.6 Å². The molecule has 6 nitrogen and oxygen atoms in total. The number of furan rings is 1. The van der Waals surface area contributed by atoms with Crippen LogP contribution in [0.3, 0.4) is 0 Å². The summed E-state index contributed by atoms with van der Waals surface area (Å²) in [5, 5.41) is -0.381. The zero-order valence-electron chi connectivity index (χ0n) is 17.2. The summed E-state index contributed by atoms with van der Waals surface area (Å²) < 4.78 is 10.9. The predicted octanol–water partition coefficient (Wildman–Crippen LogP) is 3.98. The van der Waals surface area contributed by atoms with Crippen LogP contribution in [-0.4, -0.2) is 40.5 Å². The molecule has 0 N–H and O–H groups in total. The van der Waals surface area contributed by atoms with Crippen molar-refractivity contribution < 1.29 is 23.5 Å². The molecule has 1 saturated heterocycles. The molecule has 2 heterocycles. The Bertz CT molecular complexity index is 937. The van der Waals surface area contributed by atoms with E-state index in [0.29, 0.717) is 17.1 Å². The third-order valence-corrected chi connectivity index (χ3v) is 6.47. The van der Waals surface area contributed by atoms with Crippen molar-refractivity contribution in [3.05, 3.63) is 58.5 Å². The van der Waals surface area contributed by atoms with Gasteiger partial charge in [0.2, 0.25) is 11.7 Å². The Balaban J connectivity index is 1.74. The van der Waals surface area contributed by atoms with Gasteiger partial charge in [0, 0.05) is 18.2 Å². The van der Waals surface area contributed by atoms with E-state index in [0.717, 1.165) is 16.7 Å². The lowest BCUT2D eigenvalue weighted by atomic mass is 9.96. The van der Waals surface area contributed by atoms with Crippen LogP contribution in [0.2, 0.25) is 0 Å². The molecule has 2 aromatic rings. The normalized spacial score (nSPS) is 19.8. The maximum absolute atomic E-state index is 12.9. The van der Waals surface area contributed by atoms with E-state index in [4.69, 9.17) is 9.15 Å². The molecule has 29 heavy (non-hydrogen) atoms. The second-order valence-corrected chi connectivity index (χ2v) is 8.45. The van der Waals surface area contributed by atoms with E-state index in [1.54, 1.807) is 19.1 Å². The molecule has 1 amide bonds. The van der Waals surface area contributed by atoms with Gasteiger partial charge in [-0.3, -0.25) is 9.59 Å². The van der Waals surface area contributed by atoms with E-state index in [1.807, 2.05) is 32.9 Å². The van der Waals surface area contributed by atoms with Crippen molar-refractivity contribution in [1.82, 2.24) is 4.90 Å². The Morgan fingerprint density at radius 3 is 2.48 bits per heavy atom. The first kappa shape index (κ1) is 21.2. The van der Waals surface area contributed by atoms with Crippen LogP contribution in [0, 0.1) is 20.8 Å². The number of ether oxygens (including phenoxy) is 1. The highest BCUT2D eigenvalue weighted by molar-refractivity contribution is 7.99. The van der Waals surface area contributed by atoms with Crippen LogP contribution in [0.5, 0.6) is 0 Å². The van der Waals surface area contributed by atoms with Crippen LogP contribution in [0.15, 0.2) is 34.9 Å². The monoisotopic (exact) mass is 415 g/mol. The number of nitrogens with zero attached hydrogens (tertiary/aromatic N) is 1. The third kappa shape index (κ3) is 4.24. The highest BCUT2D eigenvalue weighted by Gasteiger charge is 2.43. The molecule has 7 heteroatoms. The molecule has 1 aromatic heterocycles. The number of benzene rings is 1. The lowest BCUT2D eigenvalue weighted by Crippen LogP contribution is -2.44. The van der Waals surface area contributed by atoms with E-state index >= 15 is 0 Å². The molecular formula is C22H25NO5S. The number of hydrogen-bond donors (Lipinski definition) is 0. The van der Waals surface area contributed by atoms with E-state index in [1.165, 1.54) is 29.8 Å². The molecule has 154 valence electrons. The number of carbonyl (C=O) groups is 3. The number of ketones is 1. The quantitative estimate of drug-likeness (QED) is 0.543. The number of hydrogen-bond acceptors (Lipinski definition) is 6. The number of amides is 1. The van der Waals surface area contributed by atoms with Crippen LogP contribution in [0.1, 0.15) is 52.0 Å². The minimum Gasteiger partial charge on any atom is -0.466 e. The van der Waals surface area contributed by atoms with Crippen molar-refractivity contribution in [1.29, 1.82) is 0 Å². The highest BCUT2D eigenvalue weighted by atomic mass is 32.2. The first-order valence-electron chi connectivity index (χ1n) is 9.47. The lowest BCUT2D eigenvalue weighted by Gasteiger charge is -2.26. The Morgan fingerprint density at radius 1 is 1.17 bits per heavy atom. The molecule has 1 aliphatic heterocycles. The summed E-state index contributed by atoms with van der Waals surface area (Å²) in [4.78, 5) is 39.4. The largest absolute Gasteiger partial charge is 0.466 e. The van der Waals surface area contributed by atoms with Crippen molar-refractivity contribution in [2.45, 2.75) is 52.1 Å². The standard InChI is InChI=1S/C22H25NO5S/c1-12-9-14(3)17(10-13(12)2)20(25)15(4)28-22(26)18-11-29-21(23(18)16(5)24)19-7-6-8-27-19/h6-10,15,18,21H,11H2,1-5H3/t15-,18-,21-/m1/s1. The summed E-state index contributed by atoms with van der Waals surface area (Å²) in [7, 11) is 0. The van der Waals surface area contributed by atoms with E-state index in [-0.39, 0.29) is 17.1 Å². The Labute approximate surface area is 174 Å². The van der Waals surface area contributed by atoms with Crippen LogP contribution in [0.4, 0.5) is 0 Å². The molecule has 0 aliphatic carbocycles. The Morgan fingerprint density at radius 2 is 1.86 bits per heavy atom. The van der Waals surface area contributed by atoms with Crippen molar-refractivity contribution in [2.24, 2.45) is 0 Å². The third-order valence-electron chi connectivity index (χ3n) is 5.19. The topological polar surface area (TPSA) is 76.8 Å². The number of Topliss-reactive ketones (excluding diaryl/α,β-unsaturated/α-hetero) is 1.